The van der Waals surface area contributed by atoms with E-state index in [-0.39, 0.29) is 17.9 Å². The fraction of sp³-hybridized carbons (Fsp3) is 0.185. The number of pyridine rings is 1. The Morgan fingerprint density at radius 1 is 0.971 bits per heavy atom. The van der Waals surface area contributed by atoms with Crippen molar-refractivity contribution in [3.8, 4) is 5.69 Å². The van der Waals surface area contributed by atoms with E-state index >= 15 is 0 Å². The van der Waals surface area contributed by atoms with E-state index in [0.29, 0.717) is 15.7 Å². The third-order valence-corrected chi connectivity index (χ3v) is 6.92. The Bertz CT molecular complexity index is 1380. The molecule has 1 saturated heterocycles. The first kappa shape index (κ1) is 22.6. The van der Waals surface area contributed by atoms with Crippen molar-refractivity contribution in [3.63, 3.8) is 0 Å². The van der Waals surface area contributed by atoms with Gasteiger partial charge >= 0.3 is 0 Å². The standard InChI is InChI=1S/C27H24ClFN4S/c1-16-13-21(10-11-23(16)29)33-26(25(31-27(33)34)24-9-4-5-12-30-24)22-14-17(2)32(18(22)3)20-8-6-7-19(28)15-20/h4-15,25-26H,1-3H3,(H,31,34). The number of rotatable bonds is 4. The predicted molar refractivity (Wildman–Crippen MR) is 139 cm³/mol. The lowest BCUT2D eigenvalue weighted by atomic mass is 9.96. The van der Waals surface area contributed by atoms with Gasteiger partial charge in [0.2, 0.25) is 0 Å². The maximum atomic E-state index is 14.1. The molecule has 172 valence electrons. The zero-order chi connectivity index (χ0) is 24.0. The SMILES string of the molecule is Cc1cc(N2C(=S)NC(c3ccccn3)C2c2cc(C)n(-c3cccc(Cl)c3)c2C)ccc1F. The molecule has 5 rings (SSSR count). The van der Waals surface area contributed by atoms with Crippen LogP contribution in [-0.2, 0) is 0 Å². The molecule has 0 bridgehead atoms. The lowest BCUT2D eigenvalue weighted by Gasteiger charge is -2.28. The van der Waals surface area contributed by atoms with Gasteiger partial charge in [-0.05, 0) is 98.7 Å². The Kier molecular flexibility index (Phi) is 5.88. The second-order valence-electron chi connectivity index (χ2n) is 8.57. The summed E-state index contributed by atoms with van der Waals surface area (Å²) < 4.78 is 16.3. The minimum Gasteiger partial charge on any atom is -0.351 e. The van der Waals surface area contributed by atoms with Gasteiger partial charge in [-0.25, -0.2) is 4.39 Å². The maximum Gasteiger partial charge on any atom is 0.174 e. The Morgan fingerprint density at radius 3 is 2.50 bits per heavy atom. The fourth-order valence-corrected chi connectivity index (χ4v) is 5.36. The summed E-state index contributed by atoms with van der Waals surface area (Å²) in [6.45, 7) is 5.95. The third kappa shape index (κ3) is 3.87. The molecule has 0 aliphatic carbocycles. The van der Waals surface area contributed by atoms with Crippen LogP contribution in [0.25, 0.3) is 5.69 Å². The largest absolute Gasteiger partial charge is 0.351 e. The van der Waals surface area contributed by atoms with Gasteiger partial charge in [0.05, 0.1) is 17.8 Å². The van der Waals surface area contributed by atoms with E-state index in [1.807, 2.05) is 48.5 Å². The van der Waals surface area contributed by atoms with Crippen LogP contribution in [0.3, 0.4) is 0 Å². The van der Waals surface area contributed by atoms with Crippen LogP contribution >= 0.6 is 23.8 Å². The molecule has 0 amide bonds. The van der Waals surface area contributed by atoms with E-state index in [2.05, 4.69) is 39.7 Å². The Morgan fingerprint density at radius 2 is 1.79 bits per heavy atom. The minimum absolute atomic E-state index is 0.174. The second kappa shape index (κ2) is 8.85. The Labute approximate surface area is 209 Å². The van der Waals surface area contributed by atoms with Crippen LogP contribution in [0.2, 0.25) is 5.02 Å². The first-order valence-corrected chi connectivity index (χ1v) is 11.9. The molecule has 2 aromatic carbocycles. The third-order valence-electron chi connectivity index (χ3n) is 6.37. The summed E-state index contributed by atoms with van der Waals surface area (Å²) in [6, 6.07) is 20.7. The average molecular weight is 491 g/mol. The average Bonchev–Trinajstić information content (AvgIpc) is 3.31. The molecule has 1 aliphatic rings. The van der Waals surface area contributed by atoms with E-state index in [9.17, 15) is 4.39 Å². The quantitative estimate of drug-likeness (QED) is 0.320. The van der Waals surface area contributed by atoms with Gasteiger partial charge in [0.25, 0.3) is 0 Å². The number of aryl methyl sites for hydroxylation is 2. The highest BCUT2D eigenvalue weighted by atomic mass is 35.5. The summed E-state index contributed by atoms with van der Waals surface area (Å²) >= 11 is 12.1. The van der Waals surface area contributed by atoms with E-state index in [4.69, 9.17) is 23.8 Å². The molecule has 4 nitrogen and oxygen atoms in total. The number of hydrogen-bond acceptors (Lipinski definition) is 2. The van der Waals surface area contributed by atoms with Gasteiger partial charge in [-0.3, -0.25) is 4.98 Å². The zero-order valence-electron chi connectivity index (χ0n) is 19.1. The maximum absolute atomic E-state index is 14.1. The van der Waals surface area contributed by atoms with Crippen molar-refractivity contribution in [2.75, 3.05) is 4.90 Å². The van der Waals surface area contributed by atoms with Crippen LogP contribution in [0.15, 0.2) is 72.9 Å². The molecule has 0 spiro atoms. The molecule has 34 heavy (non-hydrogen) atoms. The monoisotopic (exact) mass is 490 g/mol. The van der Waals surface area contributed by atoms with Crippen molar-refractivity contribution < 1.29 is 4.39 Å². The van der Waals surface area contributed by atoms with Crippen molar-refractivity contribution in [2.45, 2.75) is 32.9 Å². The molecule has 1 fully saturated rings. The molecule has 0 radical (unpaired) electrons. The topological polar surface area (TPSA) is 33.1 Å². The second-order valence-corrected chi connectivity index (χ2v) is 9.39. The summed E-state index contributed by atoms with van der Waals surface area (Å²) in [6.07, 6.45) is 1.79. The van der Waals surface area contributed by atoms with Crippen molar-refractivity contribution >= 4 is 34.6 Å². The van der Waals surface area contributed by atoms with Gasteiger partial charge in [-0.15, -0.1) is 0 Å². The number of nitrogens with one attached hydrogen (secondary N) is 1. The number of thiocarbonyl (C=S) groups is 1. The highest BCUT2D eigenvalue weighted by Gasteiger charge is 2.42. The molecule has 4 aromatic rings. The van der Waals surface area contributed by atoms with Crippen LogP contribution < -0.4 is 10.2 Å². The molecular formula is C27H24ClFN4S. The molecule has 2 unspecified atom stereocenters. The van der Waals surface area contributed by atoms with Crippen molar-refractivity contribution in [2.24, 2.45) is 0 Å². The van der Waals surface area contributed by atoms with E-state index in [0.717, 1.165) is 34.0 Å². The van der Waals surface area contributed by atoms with Crippen LogP contribution in [0, 0.1) is 26.6 Å². The Hall–Kier alpha value is -3.22. The molecule has 7 heteroatoms. The van der Waals surface area contributed by atoms with Gasteiger partial charge in [0, 0.05) is 34.0 Å². The summed E-state index contributed by atoms with van der Waals surface area (Å²) in [5.41, 5.74) is 6.59. The molecule has 0 saturated carbocycles. The van der Waals surface area contributed by atoms with Gasteiger partial charge in [0.1, 0.15) is 5.82 Å². The molecule has 1 N–H and O–H groups in total. The summed E-state index contributed by atoms with van der Waals surface area (Å²) in [5.74, 6) is -0.237. The number of nitrogens with zero attached hydrogens (tertiary/aromatic N) is 3. The van der Waals surface area contributed by atoms with Crippen molar-refractivity contribution in [3.05, 3.63) is 112 Å². The lowest BCUT2D eigenvalue weighted by Crippen LogP contribution is -2.29. The van der Waals surface area contributed by atoms with E-state index < -0.39 is 0 Å². The summed E-state index contributed by atoms with van der Waals surface area (Å²) in [7, 11) is 0. The van der Waals surface area contributed by atoms with Gasteiger partial charge in [-0.1, -0.05) is 23.7 Å². The van der Waals surface area contributed by atoms with Crippen LogP contribution in [-0.4, -0.2) is 14.7 Å². The lowest BCUT2D eigenvalue weighted by molar-refractivity contribution is 0.564. The number of anilines is 1. The number of aromatic nitrogens is 2. The Balaban J connectivity index is 1.69. The highest BCUT2D eigenvalue weighted by molar-refractivity contribution is 7.80. The molecular weight excluding hydrogens is 467 g/mol. The number of benzene rings is 2. The fourth-order valence-electron chi connectivity index (χ4n) is 4.83. The van der Waals surface area contributed by atoms with Gasteiger partial charge in [-0.2, -0.15) is 0 Å². The first-order chi connectivity index (χ1) is 16.3. The molecule has 2 aromatic heterocycles. The van der Waals surface area contributed by atoms with Gasteiger partial charge in [0.15, 0.2) is 5.11 Å². The normalized spacial score (nSPS) is 17.8. The molecule has 3 heterocycles. The summed E-state index contributed by atoms with van der Waals surface area (Å²) in [4.78, 5) is 6.70. The highest BCUT2D eigenvalue weighted by Crippen LogP contribution is 2.44. The van der Waals surface area contributed by atoms with Crippen molar-refractivity contribution in [1.82, 2.24) is 14.9 Å². The van der Waals surface area contributed by atoms with Crippen LogP contribution in [0.1, 0.15) is 40.3 Å². The number of hydrogen-bond donors (Lipinski definition) is 1. The van der Waals surface area contributed by atoms with Gasteiger partial charge < -0.3 is 14.8 Å². The van der Waals surface area contributed by atoms with E-state index in [1.54, 1.807) is 19.2 Å². The molecule has 2 atom stereocenters. The van der Waals surface area contributed by atoms with Crippen LogP contribution in [0.5, 0.6) is 0 Å². The minimum atomic E-state index is -0.237. The van der Waals surface area contributed by atoms with Crippen molar-refractivity contribution in [1.29, 1.82) is 0 Å². The predicted octanol–water partition coefficient (Wildman–Crippen LogP) is 6.77. The number of halogens is 2. The zero-order valence-corrected chi connectivity index (χ0v) is 20.7. The summed E-state index contributed by atoms with van der Waals surface area (Å²) in [5, 5.41) is 4.74. The first-order valence-electron chi connectivity index (χ1n) is 11.1. The van der Waals surface area contributed by atoms with Crippen LogP contribution in [0.4, 0.5) is 10.1 Å². The van der Waals surface area contributed by atoms with E-state index in [1.165, 1.54) is 6.07 Å². The smallest absolute Gasteiger partial charge is 0.174 e. The molecule has 1 aliphatic heterocycles.